The molecule has 1 N–H and O–H groups in total. The molecule has 0 aliphatic rings. The Labute approximate surface area is 121 Å². The molecule has 1 unspecified atom stereocenters. The highest BCUT2D eigenvalue weighted by Crippen LogP contribution is 2.22. The highest BCUT2D eigenvalue weighted by Gasteiger charge is 2.24. The highest BCUT2D eigenvalue weighted by molar-refractivity contribution is 5.95. The normalized spacial score (nSPS) is 12.3. The SMILES string of the molecule is CCC(CC)C(C)NC(=O)c1cc(F)c([N+](=O)[O-])cc1F. The zero-order chi connectivity index (χ0) is 16.2. The number of nitrogens with zero attached hydrogens (tertiary/aromatic N) is 1. The van der Waals surface area contributed by atoms with Gasteiger partial charge in [0.1, 0.15) is 5.82 Å². The van der Waals surface area contributed by atoms with Gasteiger partial charge in [0, 0.05) is 6.04 Å². The van der Waals surface area contributed by atoms with E-state index in [-0.39, 0.29) is 12.0 Å². The second-order valence-corrected chi connectivity index (χ2v) is 4.88. The fourth-order valence-electron chi connectivity index (χ4n) is 2.25. The molecule has 0 saturated carbocycles. The van der Waals surface area contributed by atoms with Gasteiger partial charge in [-0.2, -0.15) is 4.39 Å². The van der Waals surface area contributed by atoms with Gasteiger partial charge in [0.15, 0.2) is 0 Å². The number of hydrogen-bond acceptors (Lipinski definition) is 3. The molecule has 1 rings (SSSR count). The van der Waals surface area contributed by atoms with E-state index in [1.807, 2.05) is 13.8 Å². The number of nitrogens with one attached hydrogen (secondary N) is 1. The second kappa shape index (κ2) is 7.10. The summed E-state index contributed by atoms with van der Waals surface area (Å²) in [5, 5.41) is 13.1. The Morgan fingerprint density at radius 3 is 2.33 bits per heavy atom. The standard InChI is InChI=1S/C14H18F2N2O3/c1-4-9(5-2)8(3)17-14(19)10-6-12(16)13(18(20)21)7-11(10)15/h6-9H,4-5H2,1-3H3,(H,17,19). The lowest BCUT2D eigenvalue weighted by molar-refractivity contribution is -0.387. The fraction of sp³-hybridized carbons (Fsp3) is 0.500. The summed E-state index contributed by atoms with van der Waals surface area (Å²) >= 11 is 0. The molecule has 0 radical (unpaired) electrons. The highest BCUT2D eigenvalue weighted by atomic mass is 19.1. The lowest BCUT2D eigenvalue weighted by Crippen LogP contribution is -2.38. The van der Waals surface area contributed by atoms with E-state index >= 15 is 0 Å². The van der Waals surface area contributed by atoms with Crippen molar-refractivity contribution in [2.45, 2.75) is 39.7 Å². The average Bonchev–Trinajstić information content (AvgIpc) is 2.41. The minimum atomic E-state index is -1.23. The van der Waals surface area contributed by atoms with Gasteiger partial charge >= 0.3 is 5.69 Å². The number of amides is 1. The van der Waals surface area contributed by atoms with Crippen molar-refractivity contribution in [3.05, 3.63) is 39.4 Å². The molecule has 0 fully saturated rings. The van der Waals surface area contributed by atoms with Crippen LogP contribution in [-0.4, -0.2) is 16.9 Å². The maximum absolute atomic E-state index is 13.7. The number of benzene rings is 1. The minimum absolute atomic E-state index is 0.204. The molecule has 1 amide bonds. The Morgan fingerprint density at radius 2 is 1.86 bits per heavy atom. The monoisotopic (exact) mass is 300 g/mol. The van der Waals surface area contributed by atoms with E-state index in [2.05, 4.69) is 5.32 Å². The Hall–Kier alpha value is -2.05. The van der Waals surface area contributed by atoms with Gasteiger partial charge in [0.25, 0.3) is 5.91 Å². The van der Waals surface area contributed by atoms with Gasteiger partial charge in [0.05, 0.1) is 16.6 Å². The van der Waals surface area contributed by atoms with Crippen LogP contribution in [0.3, 0.4) is 0 Å². The number of hydrogen-bond donors (Lipinski definition) is 1. The molecule has 1 aromatic rings. The summed E-state index contributed by atoms with van der Waals surface area (Å²) in [4.78, 5) is 21.4. The number of carbonyl (C=O) groups is 1. The van der Waals surface area contributed by atoms with E-state index in [9.17, 15) is 23.7 Å². The van der Waals surface area contributed by atoms with E-state index in [1.54, 1.807) is 6.92 Å². The molecule has 1 aromatic carbocycles. The molecule has 21 heavy (non-hydrogen) atoms. The van der Waals surface area contributed by atoms with Crippen molar-refractivity contribution < 1.29 is 18.5 Å². The lowest BCUT2D eigenvalue weighted by Gasteiger charge is -2.22. The van der Waals surface area contributed by atoms with E-state index in [1.165, 1.54) is 0 Å². The van der Waals surface area contributed by atoms with Crippen LogP contribution in [0.2, 0.25) is 0 Å². The van der Waals surface area contributed by atoms with Crippen molar-refractivity contribution in [3.63, 3.8) is 0 Å². The van der Waals surface area contributed by atoms with Gasteiger partial charge < -0.3 is 5.32 Å². The predicted molar refractivity (Wildman–Crippen MR) is 74.0 cm³/mol. The molecule has 0 spiro atoms. The van der Waals surface area contributed by atoms with Crippen LogP contribution in [-0.2, 0) is 0 Å². The topological polar surface area (TPSA) is 72.2 Å². The summed E-state index contributed by atoms with van der Waals surface area (Å²) in [6, 6.07) is 0.777. The smallest absolute Gasteiger partial charge is 0.307 e. The molecule has 1 atom stereocenters. The van der Waals surface area contributed by atoms with E-state index < -0.39 is 33.7 Å². The molecule has 0 saturated heterocycles. The average molecular weight is 300 g/mol. The van der Waals surface area contributed by atoms with Gasteiger partial charge in [-0.15, -0.1) is 0 Å². The van der Waals surface area contributed by atoms with Crippen LogP contribution >= 0.6 is 0 Å². The Bertz CT molecular complexity index is 545. The Kier molecular flexibility index (Phi) is 5.75. The lowest BCUT2D eigenvalue weighted by atomic mass is 9.95. The fourth-order valence-corrected chi connectivity index (χ4v) is 2.25. The van der Waals surface area contributed by atoms with Crippen molar-refractivity contribution in [2.75, 3.05) is 0 Å². The Morgan fingerprint density at radius 1 is 1.29 bits per heavy atom. The van der Waals surface area contributed by atoms with Crippen LogP contribution in [0.5, 0.6) is 0 Å². The summed E-state index contributed by atoms with van der Waals surface area (Å²) in [6.45, 7) is 5.74. The summed E-state index contributed by atoms with van der Waals surface area (Å²) < 4.78 is 27.2. The van der Waals surface area contributed by atoms with Crippen LogP contribution in [0.4, 0.5) is 14.5 Å². The van der Waals surface area contributed by atoms with E-state index in [4.69, 9.17) is 0 Å². The number of rotatable bonds is 6. The zero-order valence-corrected chi connectivity index (χ0v) is 12.2. The minimum Gasteiger partial charge on any atom is -0.349 e. The molecule has 116 valence electrons. The van der Waals surface area contributed by atoms with Gasteiger partial charge in [-0.3, -0.25) is 14.9 Å². The summed E-state index contributed by atoms with van der Waals surface area (Å²) in [7, 11) is 0. The van der Waals surface area contributed by atoms with Gasteiger partial charge in [0.2, 0.25) is 5.82 Å². The third-order valence-electron chi connectivity index (χ3n) is 3.59. The molecule has 0 aromatic heterocycles. The molecule has 0 bridgehead atoms. The third kappa shape index (κ3) is 3.96. The summed E-state index contributed by atoms with van der Waals surface area (Å²) in [6.07, 6.45) is 1.68. The van der Waals surface area contributed by atoms with Crippen LogP contribution in [0.25, 0.3) is 0 Å². The van der Waals surface area contributed by atoms with E-state index in [0.29, 0.717) is 12.1 Å². The zero-order valence-electron chi connectivity index (χ0n) is 12.2. The largest absolute Gasteiger partial charge is 0.349 e. The van der Waals surface area contributed by atoms with Gasteiger partial charge in [-0.25, -0.2) is 4.39 Å². The van der Waals surface area contributed by atoms with Crippen molar-refractivity contribution in [2.24, 2.45) is 5.92 Å². The van der Waals surface area contributed by atoms with Gasteiger partial charge in [-0.1, -0.05) is 26.7 Å². The molecule has 0 aliphatic carbocycles. The molecule has 0 heterocycles. The van der Waals surface area contributed by atoms with Crippen molar-refractivity contribution >= 4 is 11.6 Å². The van der Waals surface area contributed by atoms with Crippen molar-refractivity contribution in [3.8, 4) is 0 Å². The maximum Gasteiger partial charge on any atom is 0.307 e. The number of nitro groups is 1. The second-order valence-electron chi connectivity index (χ2n) is 4.88. The summed E-state index contributed by atoms with van der Waals surface area (Å²) in [5.41, 5.74) is -1.52. The number of halogens is 2. The molecule has 7 heteroatoms. The van der Waals surface area contributed by atoms with Gasteiger partial charge in [-0.05, 0) is 18.9 Å². The van der Waals surface area contributed by atoms with Crippen LogP contribution in [0.1, 0.15) is 44.0 Å². The first-order chi connectivity index (χ1) is 9.81. The Balaban J connectivity index is 2.98. The van der Waals surface area contributed by atoms with E-state index in [0.717, 1.165) is 12.8 Å². The van der Waals surface area contributed by atoms with Crippen LogP contribution < -0.4 is 5.32 Å². The first-order valence-electron chi connectivity index (χ1n) is 6.76. The molecule has 0 aliphatic heterocycles. The van der Waals surface area contributed by atoms with Crippen molar-refractivity contribution in [1.82, 2.24) is 5.32 Å². The first-order valence-corrected chi connectivity index (χ1v) is 6.76. The third-order valence-corrected chi connectivity index (χ3v) is 3.59. The number of carbonyl (C=O) groups excluding carboxylic acids is 1. The van der Waals surface area contributed by atoms with Crippen LogP contribution in [0, 0.1) is 27.7 Å². The maximum atomic E-state index is 13.7. The predicted octanol–water partition coefficient (Wildman–Crippen LogP) is 3.43. The van der Waals surface area contributed by atoms with Crippen molar-refractivity contribution in [1.29, 1.82) is 0 Å². The summed E-state index contributed by atoms with van der Waals surface area (Å²) in [5.74, 6) is -2.90. The van der Waals surface area contributed by atoms with Crippen LogP contribution in [0.15, 0.2) is 12.1 Å². The molecule has 5 nitrogen and oxygen atoms in total. The quantitative estimate of drug-likeness (QED) is 0.646. The molecular weight excluding hydrogens is 282 g/mol. The first kappa shape index (κ1) is 17.0. The molecular formula is C14H18F2N2O3. The number of nitro benzene ring substituents is 1.